The molecule has 0 saturated carbocycles. The van der Waals surface area contributed by atoms with E-state index in [1.807, 2.05) is 36.1 Å². The van der Waals surface area contributed by atoms with Crippen molar-refractivity contribution in [1.29, 1.82) is 0 Å². The highest BCUT2D eigenvalue weighted by molar-refractivity contribution is 7.17. The summed E-state index contributed by atoms with van der Waals surface area (Å²) in [5.41, 5.74) is 3.26. The van der Waals surface area contributed by atoms with Gasteiger partial charge in [0, 0.05) is 31.7 Å². The largest absolute Gasteiger partial charge is 0.352 e. The Morgan fingerprint density at radius 1 is 0.968 bits per heavy atom. The van der Waals surface area contributed by atoms with Gasteiger partial charge in [-0.3, -0.25) is 9.78 Å². The van der Waals surface area contributed by atoms with Crippen LogP contribution in [-0.4, -0.2) is 51.9 Å². The molecule has 0 bridgehead atoms. The minimum absolute atomic E-state index is 0.00685. The molecule has 2 aromatic carbocycles. The molecule has 1 saturated heterocycles. The van der Waals surface area contributed by atoms with Gasteiger partial charge in [-0.2, -0.15) is 0 Å². The fraction of sp³-hybridized carbons (Fsp3) is 0.217. The first kappa shape index (κ1) is 19.6. The number of anilines is 1. The van der Waals surface area contributed by atoms with Gasteiger partial charge in [-0.15, -0.1) is 11.3 Å². The van der Waals surface area contributed by atoms with E-state index >= 15 is 0 Å². The molecule has 8 heteroatoms. The molecule has 0 N–H and O–H groups in total. The lowest BCUT2D eigenvalue weighted by Gasteiger charge is -2.35. The number of carbonyl (C=O) groups is 1. The molecule has 4 aromatic rings. The van der Waals surface area contributed by atoms with Crippen molar-refractivity contribution in [2.45, 2.75) is 6.92 Å². The number of piperazine rings is 1. The van der Waals surface area contributed by atoms with E-state index in [0.717, 1.165) is 27.4 Å². The highest BCUT2D eigenvalue weighted by Crippen LogP contribution is 2.29. The van der Waals surface area contributed by atoms with Crippen LogP contribution < -0.4 is 4.90 Å². The Labute approximate surface area is 183 Å². The highest BCUT2D eigenvalue weighted by Gasteiger charge is 2.26. The van der Waals surface area contributed by atoms with Crippen LogP contribution in [-0.2, 0) is 0 Å². The average molecular weight is 434 g/mol. The first-order valence-corrected chi connectivity index (χ1v) is 10.9. The lowest BCUT2D eigenvalue weighted by atomic mass is 10.2. The van der Waals surface area contributed by atoms with Crippen molar-refractivity contribution in [3.05, 3.63) is 71.1 Å². The first-order chi connectivity index (χ1) is 15.1. The molecule has 1 aliphatic heterocycles. The maximum absolute atomic E-state index is 13.2. The number of aromatic nitrogens is 3. The SMILES string of the molecule is Cc1nc(-c2ccc(F)cc2)sc1C(=O)N1CCN(c2cnc3ccccc3n2)CC1. The lowest BCUT2D eigenvalue weighted by Crippen LogP contribution is -2.49. The molecule has 2 aromatic heterocycles. The summed E-state index contributed by atoms with van der Waals surface area (Å²) in [6, 6.07) is 14.0. The Morgan fingerprint density at radius 2 is 1.68 bits per heavy atom. The van der Waals surface area contributed by atoms with Gasteiger partial charge >= 0.3 is 0 Å². The number of hydrogen-bond acceptors (Lipinski definition) is 6. The molecule has 31 heavy (non-hydrogen) atoms. The molecule has 0 aliphatic carbocycles. The predicted molar refractivity (Wildman–Crippen MR) is 120 cm³/mol. The van der Waals surface area contributed by atoms with Crippen molar-refractivity contribution < 1.29 is 9.18 Å². The number of fused-ring (bicyclic) bond motifs is 1. The molecular weight excluding hydrogens is 413 g/mol. The number of para-hydroxylation sites is 2. The average Bonchev–Trinajstić information content (AvgIpc) is 3.20. The number of benzene rings is 2. The van der Waals surface area contributed by atoms with Crippen LogP contribution in [0.15, 0.2) is 54.7 Å². The zero-order chi connectivity index (χ0) is 21.4. The van der Waals surface area contributed by atoms with Crippen molar-refractivity contribution in [3.8, 4) is 10.6 Å². The van der Waals surface area contributed by atoms with E-state index < -0.39 is 0 Å². The molecule has 1 fully saturated rings. The third kappa shape index (κ3) is 3.86. The van der Waals surface area contributed by atoms with Gasteiger partial charge in [0.05, 0.1) is 22.9 Å². The molecule has 1 amide bonds. The number of aryl methyl sites for hydroxylation is 1. The van der Waals surface area contributed by atoms with Gasteiger partial charge in [-0.05, 0) is 43.3 Å². The van der Waals surface area contributed by atoms with Crippen LogP contribution in [0.4, 0.5) is 10.2 Å². The summed E-state index contributed by atoms with van der Waals surface area (Å²) in [5, 5.41) is 0.728. The molecule has 156 valence electrons. The standard InChI is InChI=1S/C23H20FN5OS/c1-15-21(31-22(26-15)16-6-8-17(24)9-7-16)23(30)29-12-10-28(11-13-29)20-14-25-18-4-2-3-5-19(18)27-20/h2-9,14H,10-13H2,1H3. The van der Waals surface area contributed by atoms with E-state index in [2.05, 4.69) is 14.9 Å². The fourth-order valence-electron chi connectivity index (χ4n) is 3.69. The van der Waals surface area contributed by atoms with E-state index in [1.165, 1.54) is 23.5 Å². The van der Waals surface area contributed by atoms with Crippen LogP contribution in [0.5, 0.6) is 0 Å². The smallest absolute Gasteiger partial charge is 0.265 e. The maximum atomic E-state index is 13.2. The van der Waals surface area contributed by atoms with Crippen molar-refractivity contribution in [3.63, 3.8) is 0 Å². The minimum Gasteiger partial charge on any atom is -0.352 e. The molecule has 0 unspecified atom stereocenters. The highest BCUT2D eigenvalue weighted by atomic mass is 32.1. The van der Waals surface area contributed by atoms with Gasteiger partial charge < -0.3 is 9.80 Å². The zero-order valence-electron chi connectivity index (χ0n) is 17.0. The Kier molecular flexibility index (Phi) is 5.07. The first-order valence-electron chi connectivity index (χ1n) is 10.1. The second-order valence-corrected chi connectivity index (χ2v) is 8.44. The van der Waals surface area contributed by atoms with Crippen molar-refractivity contribution >= 4 is 34.1 Å². The predicted octanol–water partition coefficient (Wildman–Crippen LogP) is 4.16. The lowest BCUT2D eigenvalue weighted by molar-refractivity contribution is 0.0750. The Hall–Kier alpha value is -3.39. The van der Waals surface area contributed by atoms with E-state index in [0.29, 0.717) is 36.8 Å². The summed E-state index contributed by atoms with van der Waals surface area (Å²) in [7, 11) is 0. The van der Waals surface area contributed by atoms with E-state index in [4.69, 9.17) is 4.98 Å². The summed E-state index contributed by atoms with van der Waals surface area (Å²) in [6.07, 6.45) is 1.79. The third-order valence-corrected chi connectivity index (χ3v) is 6.60. The van der Waals surface area contributed by atoms with E-state index in [9.17, 15) is 9.18 Å². The summed E-state index contributed by atoms with van der Waals surface area (Å²) in [5.74, 6) is 0.535. The normalized spacial score (nSPS) is 14.3. The summed E-state index contributed by atoms with van der Waals surface area (Å²) in [6.45, 7) is 4.45. The number of carbonyl (C=O) groups excluding carboxylic acids is 1. The van der Waals surface area contributed by atoms with Gasteiger partial charge in [-0.1, -0.05) is 12.1 Å². The topological polar surface area (TPSA) is 62.2 Å². The van der Waals surface area contributed by atoms with Gasteiger partial charge in [0.15, 0.2) is 0 Å². The van der Waals surface area contributed by atoms with E-state index in [-0.39, 0.29) is 11.7 Å². The van der Waals surface area contributed by atoms with Crippen LogP contribution in [0.2, 0.25) is 0 Å². The van der Waals surface area contributed by atoms with Gasteiger partial charge in [0.2, 0.25) is 0 Å². The molecule has 3 heterocycles. The molecule has 1 aliphatic rings. The number of halogens is 1. The van der Waals surface area contributed by atoms with Gasteiger partial charge in [0.25, 0.3) is 5.91 Å². The number of nitrogens with zero attached hydrogens (tertiary/aromatic N) is 5. The van der Waals surface area contributed by atoms with Crippen LogP contribution >= 0.6 is 11.3 Å². The molecule has 5 rings (SSSR count). The minimum atomic E-state index is -0.290. The van der Waals surface area contributed by atoms with Crippen molar-refractivity contribution in [1.82, 2.24) is 19.9 Å². The van der Waals surface area contributed by atoms with Crippen LogP contribution in [0.1, 0.15) is 15.4 Å². The fourth-order valence-corrected chi connectivity index (χ4v) is 4.73. The summed E-state index contributed by atoms with van der Waals surface area (Å²) < 4.78 is 13.2. The van der Waals surface area contributed by atoms with Crippen LogP contribution in [0, 0.1) is 12.7 Å². The zero-order valence-corrected chi connectivity index (χ0v) is 17.8. The Morgan fingerprint density at radius 3 is 2.42 bits per heavy atom. The molecule has 0 atom stereocenters. The molecular formula is C23H20FN5OS. The van der Waals surface area contributed by atoms with Crippen LogP contribution in [0.25, 0.3) is 21.6 Å². The maximum Gasteiger partial charge on any atom is 0.265 e. The number of rotatable bonds is 3. The van der Waals surface area contributed by atoms with Crippen LogP contribution in [0.3, 0.4) is 0 Å². The van der Waals surface area contributed by atoms with Gasteiger partial charge in [0.1, 0.15) is 21.5 Å². The Bertz CT molecular complexity index is 1250. The second kappa shape index (κ2) is 8.03. The molecule has 0 spiro atoms. The Balaban J connectivity index is 1.29. The molecule has 6 nitrogen and oxygen atoms in total. The monoisotopic (exact) mass is 433 g/mol. The quantitative estimate of drug-likeness (QED) is 0.485. The van der Waals surface area contributed by atoms with Crippen molar-refractivity contribution in [2.75, 3.05) is 31.1 Å². The summed E-state index contributed by atoms with van der Waals surface area (Å²) >= 11 is 1.36. The van der Waals surface area contributed by atoms with E-state index in [1.54, 1.807) is 18.3 Å². The van der Waals surface area contributed by atoms with Gasteiger partial charge in [-0.25, -0.2) is 14.4 Å². The molecule has 0 radical (unpaired) electrons. The second-order valence-electron chi connectivity index (χ2n) is 7.44. The number of amides is 1. The summed E-state index contributed by atoms with van der Waals surface area (Å²) in [4.78, 5) is 31.5. The number of hydrogen-bond donors (Lipinski definition) is 0. The third-order valence-electron chi connectivity index (χ3n) is 5.41. The number of thiazole rings is 1. The van der Waals surface area contributed by atoms with Crippen molar-refractivity contribution in [2.24, 2.45) is 0 Å².